The van der Waals surface area contributed by atoms with E-state index in [1.165, 1.54) is 18.2 Å². The Bertz CT molecular complexity index is 1330. The first kappa shape index (κ1) is 23.1. The summed E-state index contributed by atoms with van der Waals surface area (Å²) in [5.41, 5.74) is 2.89. The smallest absolute Gasteiger partial charge is 0.256 e. The third-order valence-corrected chi connectivity index (χ3v) is 6.83. The zero-order valence-electron chi connectivity index (χ0n) is 18.8. The number of carbonyl (C=O) groups is 3. The van der Waals surface area contributed by atoms with Crippen molar-refractivity contribution in [3.05, 3.63) is 99.8 Å². The molecule has 178 valence electrons. The van der Waals surface area contributed by atoms with E-state index in [9.17, 15) is 18.8 Å². The molecular formula is C27H23ClFN3O3. The van der Waals surface area contributed by atoms with Gasteiger partial charge in [-0.15, -0.1) is 0 Å². The van der Waals surface area contributed by atoms with Gasteiger partial charge in [0.1, 0.15) is 11.9 Å². The van der Waals surface area contributed by atoms with Crippen LogP contribution in [0.2, 0.25) is 5.02 Å². The largest absolute Gasteiger partial charge is 0.348 e. The van der Waals surface area contributed by atoms with E-state index in [4.69, 9.17) is 11.6 Å². The lowest BCUT2D eigenvalue weighted by Gasteiger charge is -2.26. The molecule has 1 fully saturated rings. The van der Waals surface area contributed by atoms with Gasteiger partial charge in [0.15, 0.2) is 0 Å². The molecule has 2 heterocycles. The van der Waals surface area contributed by atoms with Gasteiger partial charge < -0.3 is 15.1 Å². The molecule has 0 spiro atoms. The molecule has 3 aromatic carbocycles. The fourth-order valence-electron chi connectivity index (χ4n) is 4.71. The summed E-state index contributed by atoms with van der Waals surface area (Å²) in [5, 5.41) is 3.04. The highest BCUT2D eigenvalue weighted by Gasteiger charge is 2.41. The molecular weight excluding hydrogens is 469 g/mol. The van der Waals surface area contributed by atoms with E-state index in [0.717, 1.165) is 12.0 Å². The molecule has 2 aliphatic rings. The topological polar surface area (TPSA) is 69.7 Å². The monoisotopic (exact) mass is 491 g/mol. The minimum absolute atomic E-state index is 0.110. The molecule has 0 unspecified atom stereocenters. The minimum atomic E-state index is -0.471. The maximum Gasteiger partial charge on any atom is 0.256 e. The lowest BCUT2D eigenvalue weighted by molar-refractivity contribution is -0.122. The van der Waals surface area contributed by atoms with Crippen LogP contribution in [0.5, 0.6) is 0 Å². The molecule has 35 heavy (non-hydrogen) atoms. The molecule has 0 bridgehead atoms. The zero-order valence-corrected chi connectivity index (χ0v) is 19.6. The summed E-state index contributed by atoms with van der Waals surface area (Å²) >= 11 is 6.05. The predicted molar refractivity (Wildman–Crippen MR) is 131 cm³/mol. The van der Waals surface area contributed by atoms with E-state index in [-0.39, 0.29) is 35.8 Å². The van der Waals surface area contributed by atoms with Crippen LogP contribution in [0.15, 0.2) is 66.7 Å². The average molecular weight is 492 g/mol. The Balaban J connectivity index is 1.37. The molecule has 1 saturated heterocycles. The predicted octanol–water partition coefficient (Wildman–Crippen LogP) is 4.56. The van der Waals surface area contributed by atoms with Crippen LogP contribution >= 0.6 is 11.6 Å². The number of nitrogens with zero attached hydrogens (tertiary/aromatic N) is 2. The summed E-state index contributed by atoms with van der Waals surface area (Å²) in [6, 6.07) is 17.7. The first-order valence-electron chi connectivity index (χ1n) is 11.4. The van der Waals surface area contributed by atoms with Gasteiger partial charge >= 0.3 is 0 Å². The Labute approximate surface area is 207 Å². The number of benzene rings is 3. The van der Waals surface area contributed by atoms with Gasteiger partial charge in [-0.2, -0.15) is 0 Å². The second-order valence-electron chi connectivity index (χ2n) is 8.72. The fourth-order valence-corrected chi connectivity index (χ4v) is 4.94. The second kappa shape index (κ2) is 9.50. The Kier molecular flexibility index (Phi) is 6.26. The maximum atomic E-state index is 13.5. The summed E-state index contributed by atoms with van der Waals surface area (Å²) in [6.45, 7) is 0.962. The average Bonchev–Trinajstić information content (AvgIpc) is 3.33. The SMILES string of the molecule is O=C(NCc1ccc(F)cc1Cl)c1cccc(CN2C(=O)[C@@H]3CCCN3C(=O)c3ccccc32)c1. The van der Waals surface area contributed by atoms with E-state index in [2.05, 4.69) is 5.32 Å². The molecule has 5 rings (SSSR count). The lowest BCUT2D eigenvalue weighted by atomic mass is 10.1. The van der Waals surface area contributed by atoms with Crippen molar-refractivity contribution in [2.24, 2.45) is 0 Å². The van der Waals surface area contributed by atoms with E-state index < -0.39 is 11.9 Å². The summed E-state index contributed by atoms with van der Waals surface area (Å²) < 4.78 is 13.3. The van der Waals surface area contributed by atoms with E-state index in [0.29, 0.717) is 35.3 Å². The van der Waals surface area contributed by atoms with Crippen molar-refractivity contribution < 1.29 is 18.8 Å². The van der Waals surface area contributed by atoms with Gasteiger partial charge in [0, 0.05) is 23.7 Å². The third kappa shape index (κ3) is 4.51. The van der Waals surface area contributed by atoms with Crippen molar-refractivity contribution in [2.75, 3.05) is 11.4 Å². The van der Waals surface area contributed by atoms with Crippen LogP contribution < -0.4 is 10.2 Å². The molecule has 3 aromatic rings. The maximum absolute atomic E-state index is 13.5. The normalized spacial score (nSPS) is 17.1. The van der Waals surface area contributed by atoms with Gasteiger partial charge in [0.2, 0.25) is 5.91 Å². The van der Waals surface area contributed by atoms with Gasteiger partial charge in [0.25, 0.3) is 11.8 Å². The molecule has 0 saturated carbocycles. The number of nitrogens with one attached hydrogen (secondary N) is 1. The minimum Gasteiger partial charge on any atom is -0.348 e. The number of anilines is 1. The Morgan fingerprint density at radius 1 is 1.06 bits per heavy atom. The summed E-state index contributed by atoms with van der Waals surface area (Å²) in [5.74, 6) is -0.982. The van der Waals surface area contributed by atoms with Crippen LogP contribution in [0.1, 0.15) is 44.7 Å². The highest BCUT2D eigenvalue weighted by atomic mass is 35.5. The standard InChI is InChI=1S/C27H23ClFN3O3/c28-22-14-20(29)11-10-19(22)15-30-25(33)18-6-3-5-17(13-18)16-32-23-8-2-1-7-21(23)26(34)31-12-4-9-24(31)27(32)35/h1-3,5-8,10-11,13-14,24H,4,9,12,15-16H2,(H,30,33)/t24-/m0/s1. The Morgan fingerprint density at radius 3 is 2.71 bits per heavy atom. The Morgan fingerprint density at radius 2 is 1.89 bits per heavy atom. The number of amides is 3. The second-order valence-corrected chi connectivity index (χ2v) is 9.12. The number of carbonyl (C=O) groups excluding carboxylic acids is 3. The van der Waals surface area contributed by atoms with Crippen molar-refractivity contribution in [1.82, 2.24) is 10.2 Å². The molecule has 0 aromatic heterocycles. The van der Waals surface area contributed by atoms with Crippen LogP contribution in [-0.4, -0.2) is 35.2 Å². The van der Waals surface area contributed by atoms with Gasteiger partial charge in [-0.25, -0.2) is 4.39 Å². The van der Waals surface area contributed by atoms with Gasteiger partial charge in [-0.1, -0.05) is 41.9 Å². The first-order valence-corrected chi connectivity index (χ1v) is 11.8. The quantitative estimate of drug-likeness (QED) is 0.569. The molecule has 0 aliphatic carbocycles. The van der Waals surface area contributed by atoms with Gasteiger partial charge in [-0.05, 0) is 60.4 Å². The molecule has 1 N–H and O–H groups in total. The highest BCUT2D eigenvalue weighted by molar-refractivity contribution is 6.31. The van der Waals surface area contributed by atoms with E-state index in [1.54, 1.807) is 46.2 Å². The van der Waals surface area contributed by atoms with E-state index in [1.807, 2.05) is 12.1 Å². The summed E-state index contributed by atoms with van der Waals surface area (Å²) in [4.78, 5) is 42.7. The number of hydrogen-bond acceptors (Lipinski definition) is 3. The van der Waals surface area contributed by atoms with Crippen LogP contribution in [0.3, 0.4) is 0 Å². The van der Waals surface area contributed by atoms with Crippen LogP contribution in [0.25, 0.3) is 0 Å². The summed E-state index contributed by atoms with van der Waals surface area (Å²) in [6.07, 6.45) is 1.44. The zero-order chi connectivity index (χ0) is 24.5. The van der Waals surface area contributed by atoms with Crippen molar-refractivity contribution >= 4 is 35.0 Å². The van der Waals surface area contributed by atoms with Crippen LogP contribution in [0, 0.1) is 5.82 Å². The van der Waals surface area contributed by atoms with Crippen molar-refractivity contribution in [2.45, 2.75) is 32.0 Å². The van der Waals surface area contributed by atoms with Crippen LogP contribution in [0.4, 0.5) is 10.1 Å². The van der Waals surface area contributed by atoms with E-state index >= 15 is 0 Å². The van der Waals surface area contributed by atoms with Gasteiger partial charge in [-0.3, -0.25) is 14.4 Å². The van der Waals surface area contributed by atoms with Crippen molar-refractivity contribution in [3.8, 4) is 0 Å². The highest BCUT2D eigenvalue weighted by Crippen LogP contribution is 2.33. The third-order valence-electron chi connectivity index (χ3n) is 6.47. The number of hydrogen-bond donors (Lipinski definition) is 1. The number of rotatable bonds is 5. The number of halogens is 2. The first-order chi connectivity index (χ1) is 16.9. The van der Waals surface area contributed by atoms with Crippen molar-refractivity contribution in [3.63, 3.8) is 0 Å². The molecule has 2 aliphatic heterocycles. The van der Waals surface area contributed by atoms with Crippen LogP contribution in [-0.2, 0) is 17.9 Å². The fraction of sp³-hybridized carbons (Fsp3) is 0.222. The van der Waals surface area contributed by atoms with Gasteiger partial charge in [0.05, 0.1) is 17.8 Å². The molecule has 0 radical (unpaired) electrons. The molecule has 3 amide bonds. The Hall–Kier alpha value is -3.71. The summed E-state index contributed by atoms with van der Waals surface area (Å²) in [7, 11) is 0. The molecule has 1 atom stereocenters. The number of para-hydroxylation sites is 1. The molecule has 6 nitrogen and oxygen atoms in total. The number of fused-ring (bicyclic) bond motifs is 2. The van der Waals surface area contributed by atoms with Crippen molar-refractivity contribution in [1.29, 1.82) is 0 Å². The lowest BCUT2D eigenvalue weighted by Crippen LogP contribution is -2.44. The molecule has 8 heteroatoms.